The highest BCUT2D eigenvalue weighted by Gasteiger charge is 2.20. The lowest BCUT2D eigenvalue weighted by molar-refractivity contribution is -0.136. The molecule has 1 aliphatic rings. The molecule has 0 aromatic heterocycles. The number of carboxylic acids is 1. The van der Waals surface area contributed by atoms with Crippen molar-refractivity contribution in [2.45, 2.75) is 19.4 Å². The van der Waals surface area contributed by atoms with E-state index in [0.717, 1.165) is 49.1 Å². The summed E-state index contributed by atoms with van der Waals surface area (Å²) >= 11 is 3.40. The molecule has 0 saturated carbocycles. The molecule has 1 heterocycles. The van der Waals surface area contributed by atoms with E-state index in [1.807, 2.05) is 6.07 Å². The zero-order valence-electron chi connectivity index (χ0n) is 11.8. The molecule has 1 aromatic rings. The first kappa shape index (κ1) is 16.4. The van der Waals surface area contributed by atoms with Crippen molar-refractivity contribution in [1.29, 1.82) is 0 Å². The summed E-state index contributed by atoms with van der Waals surface area (Å²) in [6.45, 7) is 3.50. The van der Waals surface area contributed by atoms with Gasteiger partial charge in [-0.2, -0.15) is 0 Å². The van der Waals surface area contributed by atoms with Crippen molar-refractivity contribution in [2.75, 3.05) is 26.2 Å². The average Bonchev–Trinajstić information content (AvgIpc) is 2.42. The molecule has 4 nitrogen and oxygen atoms in total. The van der Waals surface area contributed by atoms with Gasteiger partial charge in [-0.1, -0.05) is 22.0 Å². The van der Waals surface area contributed by atoms with E-state index in [0.29, 0.717) is 5.92 Å². The molecule has 0 radical (unpaired) electrons. The number of likely N-dealkylation sites (tertiary alicyclic amines) is 1. The number of carbonyl (C=O) groups is 1. The summed E-state index contributed by atoms with van der Waals surface area (Å²) in [4.78, 5) is 12.8. The second kappa shape index (κ2) is 7.87. The molecule has 116 valence electrons. The predicted molar refractivity (Wildman–Crippen MR) is 82.6 cm³/mol. The third kappa shape index (κ3) is 5.37. The van der Waals surface area contributed by atoms with E-state index < -0.39 is 5.97 Å². The molecule has 0 spiro atoms. The lowest BCUT2D eigenvalue weighted by Crippen LogP contribution is -2.40. The molecule has 1 aromatic carbocycles. The molecule has 1 atom stereocenters. The molecule has 1 fully saturated rings. The Bertz CT molecular complexity index is 499. The van der Waals surface area contributed by atoms with Crippen molar-refractivity contribution < 1.29 is 14.3 Å². The Labute approximate surface area is 132 Å². The van der Waals surface area contributed by atoms with E-state index in [2.05, 4.69) is 26.1 Å². The number of benzene rings is 1. The van der Waals surface area contributed by atoms with E-state index >= 15 is 0 Å². The third-order valence-corrected chi connectivity index (χ3v) is 4.46. The van der Waals surface area contributed by atoms with Crippen LogP contribution in [0, 0.1) is 11.7 Å². The largest absolute Gasteiger partial charge is 0.480 e. The molecule has 0 amide bonds. The Hall–Kier alpha value is -0.980. The standard InChI is InChI=1S/C15H20BrFN2O2/c16-14-6-13(17)4-3-12(14)10-19-5-1-2-11(9-19)7-18-8-15(20)21/h3-4,6,11,18H,1-2,5,7-10H2,(H,20,21). The zero-order chi connectivity index (χ0) is 15.2. The average molecular weight is 359 g/mol. The molecule has 1 aliphatic heterocycles. The predicted octanol–water partition coefficient (Wildman–Crippen LogP) is 2.47. The minimum atomic E-state index is -0.821. The van der Waals surface area contributed by atoms with Crippen molar-refractivity contribution in [3.05, 3.63) is 34.1 Å². The van der Waals surface area contributed by atoms with Gasteiger partial charge in [0.25, 0.3) is 0 Å². The van der Waals surface area contributed by atoms with E-state index in [1.165, 1.54) is 12.1 Å². The highest BCUT2D eigenvalue weighted by Crippen LogP contribution is 2.23. The van der Waals surface area contributed by atoms with Crippen LogP contribution in [0.1, 0.15) is 18.4 Å². The van der Waals surface area contributed by atoms with Crippen LogP contribution in [-0.2, 0) is 11.3 Å². The molecule has 0 bridgehead atoms. The van der Waals surface area contributed by atoms with Gasteiger partial charge < -0.3 is 10.4 Å². The first-order valence-electron chi connectivity index (χ1n) is 7.13. The van der Waals surface area contributed by atoms with Gasteiger partial charge in [0.15, 0.2) is 0 Å². The topological polar surface area (TPSA) is 52.6 Å². The fourth-order valence-corrected chi connectivity index (χ4v) is 3.21. The summed E-state index contributed by atoms with van der Waals surface area (Å²) in [6.07, 6.45) is 2.23. The van der Waals surface area contributed by atoms with Gasteiger partial charge in [-0.05, 0) is 49.5 Å². The maximum absolute atomic E-state index is 13.1. The summed E-state index contributed by atoms with van der Waals surface area (Å²) < 4.78 is 13.9. The van der Waals surface area contributed by atoms with Gasteiger partial charge in [0.1, 0.15) is 5.82 Å². The zero-order valence-corrected chi connectivity index (χ0v) is 13.4. The summed E-state index contributed by atoms with van der Waals surface area (Å²) in [5, 5.41) is 11.6. The fourth-order valence-electron chi connectivity index (χ4n) is 2.74. The molecular formula is C15H20BrFN2O2. The van der Waals surface area contributed by atoms with Crippen LogP contribution in [0.5, 0.6) is 0 Å². The Morgan fingerprint density at radius 3 is 3.05 bits per heavy atom. The lowest BCUT2D eigenvalue weighted by Gasteiger charge is -2.33. The third-order valence-electron chi connectivity index (χ3n) is 3.72. The van der Waals surface area contributed by atoms with E-state index in [9.17, 15) is 9.18 Å². The van der Waals surface area contributed by atoms with Crippen molar-refractivity contribution in [2.24, 2.45) is 5.92 Å². The maximum Gasteiger partial charge on any atom is 0.317 e. The number of hydrogen-bond donors (Lipinski definition) is 2. The van der Waals surface area contributed by atoms with Crippen LogP contribution in [0.25, 0.3) is 0 Å². The highest BCUT2D eigenvalue weighted by atomic mass is 79.9. The quantitative estimate of drug-likeness (QED) is 0.820. The van der Waals surface area contributed by atoms with Crippen molar-refractivity contribution in [1.82, 2.24) is 10.2 Å². The Morgan fingerprint density at radius 2 is 2.33 bits per heavy atom. The number of piperidine rings is 1. The van der Waals surface area contributed by atoms with Gasteiger partial charge in [0, 0.05) is 17.6 Å². The van der Waals surface area contributed by atoms with Crippen molar-refractivity contribution in [3.63, 3.8) is 0 Å². The Kier molecular flexibility index (Phi) is 6.14. The van der Waals surface area contributed by atoms with Crippen LogP contribution < -0.4 is 5.32 Å². The molecule has 21 heavy (non-hydrogen) atoms. The molecule has 1 unspecified atom stereocenters. The van der Waals surface area contributed by atoms with Gasteiger partial charge in [0.2, 0.25) is 0 Å². The number of halogens is 2. The van der Waals surface area contributed by atoms with E-state index in [1.54, 1.807) is 0 Å². The number of carboxylic acid groups (broad SMARTS) is 1. The minimum Gasteiger partial charge on any atom is -0.480 e. The van der Waals surface area contributed by atoms with Crippen LogP contribution in [0.2, 0.25) is 0 Å². The van der Waals surface area contributed by atoms with Crippen LogP contribution in [0.15, 0.2) is 22.7 Å². The van der Waals surface area contributed by atoms with Crippen LogP contribution >= 0.6 is 15.9 Å². The van der Waals surface area contributed by atoms with Crippen molar-refractivity contribution in [3.8, 4) is 0 Å². The number of nitrogens with one attached hydrogen (secondary N) is 1. The smallest absolute Gasteiger partial charge is 0.317 e. The van der Waals surface area contributed by atoms with Crippen LogP contribution in [-0.4, -0.2) is 42.2 Å². The van der Waals surface area contributed by atoms with Crippen molar-refractivity contribution >= 4 is 21.9 Å². The number of aliphatic carboxylic acids is 1. The molecule has 1 saturated heterocycles. The van der Waals surface area contributed by atoms with Gasteiger partial charge in [-0.25, -0.2) is 4.39 Å². The molecule has 0 aliphatic carbocycles. The monoisotopic (exact) mass is 358 g/mol. The van der Waals surface area contributed by atoms with Gasteiger partial charge in [-0.15, -0.1) is 0 Å². The summed E-state index contributed by atoms with van der Waals surface area (Å²) in [5.41, 5.74) is 1.08. The highest BCUT2D eigenvalue weighted by molar-refractivity contribution is 9.10. The number of hydrogen-bond acceptors (Lipinski definition) is 3. The van der Waals surface area contributed by atoms with Gasteiger partial charge in [-0.3, -0.25) is 9.69 Å². The fraction of sp³-hybridized carbons (Fsp3) is 0.533. The molecule has 6 heteroatoms. The Balaban J connectivity index is 1.84. The first-order valence-corrected chi connectivity index (χ1v) is 7.92. The number of nitrogens with zero attached hydrogens (tertiary/aromatic N) is 1. The number of rotatable bonds is 6. The second-order valence-electron chi connectivity index (χ2n) is 5.50. The van der Waals surface area contributed by atoms with E-state index in [4.69, 9.17) is 5.11 Å². The summed E-state index contributed by atoms with van der Waals surface area (Å²) in [6, 6.07) is 4.78. The molecule has 2 rings (SSSR count). The second-order valence-corrected chi connectivity index (χ2v) is 6.36. The normalized spacial score (nSPS) is 19.6. The lowest BCUT2D eigenvalue weighted by atomic mass is 9.97. The maximum atomic E-state index is 13.1. The molecule has 2 N–H and O–H groups in total. The molecular weight excluding hydrogens is 339 g/mol. The van der Waals surface area contributed by atoms with E-state index in [-0.39, 0.29) is 12.4 Å². The van der Waals surface area contributed by atoms with Gasteiger partial charge in [0.05, 0.1) is 6.54 Å². The SMILES string of the molecule is O=C(O)CNCC1CCCN(Cc2ccc(F)cc2Br)C1. The first-order chi connectivity index (χ1) is 10.0. The minimum absolute atomic E-state index is 0.0139. The summed E-state index contributed by atoms with van der Waals surface area (Å²) in [7, 11) is 0. The Morgan fingerprint density at radius 1 is 1.52 bits per heavy atom. The summed E-state index contributed by atoms with van der Waals surface area (Å²) in [5.74, 6) is -0.588. The van der Waals surface area contributed by atoms with Crippen LogP contribution in [0.4, 0.5) is 4.39 Å². The van der Waals surface area contributed by atoms with Gasteiger partial charge >= 0.3 is 5.97 Å². The van der Waals surface area contributed by atoms with Crippen LogP contribution in [0.3, 0.4) is 0 Å².